The molecular formula is C79H70N14O12. The molecule has 0 radical (unpaired) electrons. The van der Waals surface area contributed by atoms with Crippen LogP contribution >= 0.6 is 0 Å². The number of rotatable bonds is 16. The van der Waals surface area contributed by atoms with E-state index in [1.54, 1.807) is 61.8 Å². The molecule has 15 aromatic rings. The lowest BCUT2D eigenvalue weighted by molar-refractivity contribution is -0.384. The summed E-state index contributed by atoms with van der Waals surface area (Å²) in [6, 6.07) is 64.5. The van der Waals surface area contributed by atoms with Gasteiger partial charge >= 0.3 is 29.8 Å². The van der Waals surface area contributed by atoms with Crippen LogP contribution in [0.1, 0.15) is 11.1 Å². The lowest BCUT2D eigenvalue weighted by atomic mass is 9.98. The predicted molar refractivity (Wildman–Crippen MR) is 395 cm³/mol. The minimum atomic E-state index is -0.447. The summed E-state index contributed by atoms with van der Waals surface area (Å²) in [4.78, 5) is 80.5. The Kier molecular flexibility index (Phi) is 23.4. The van der Waals surface area contributed by atoms with Crippen molar-refractivity contribution in [2.45, 2.75) is 46.6 Å². The highest BCUT2D eigenvalue weighted by Gasteiger charge is 2.21. The lowest BCUT2D eigenvalue weighted by Crippen LogP contribution is -2.12. The molecule has 528 valence electrons. The number of methoxy groups -OCH3 is 5. The SMILES string of the molecule is COC(=O)Cn1nc(-c2c(C)cccc2C)c2ccccc21.COC(=O)Cn1nc(-c2cccc([N+](=O)[O-])c2)c2ccccc21.COC(=O)Cn1nc(-c2ccccn2)c2ccccc21.COC(=O)Cn1nc(-c2cccnc2)c2ccccc21.COC(=O)Cn1nc(-c2ccncc2)c2ccccc21. The number of esters is 5. The van der Waals surface area contributed by atoms with Gasteiger partial charge in [-0.05, 0) is 91.7 Å². The van der Waals surface area contributed by atoms with E-state index in [0.29, 0.717) is 11.3 Å². The summed E-state index contributed by atoms with van der Waals surface area (Å²) in [6.07, 6.45) is 8.66. The number of aryl methyl sites for hydroxylation is 2. The average Bonchev–Trinajstić information content (AvgIpc) is 1.54. The van der Waals surface area contributed by atoms with Crippen molar-refractivity contribution in [1.29, 1.82) is 0 Å². The van der Waals surface area contributed by atoms with Crippen LogP contribution in [0.15, 0.2) is 237 Å². The molecule has 105 heavy (non-hydrogen) atoms. The molecule has 0 amide bonds. The number of aromatic nitrogens is 13. The number of benzene rings is 7. The summed E-state index contributed by atoms with van der Waals surface area (Å²) < 4.78 is 31.8. The maximum absolute atomic E-state index is 11.6. The summed E-state index contributed by atoms with van der Waals surface area (Å²) in [5.41, 5.74) is 15.1. The Bertz CT molecular complexity index is 5260. The van der Waals surface area contributed by atoms with Gasteiger partial charge in [0, 0.05) is 92.3 Å². The van der Waals surface area contributed by atoms with Crippen molar-refractivity contribution < 1.29 is 52.6 Å². The second-order valence-corrected chi connectivity index (χ2v) is 23.3. The number of pyridine rings is 3. The Hall–Kier alpha value is -13.9. The fourth-order valence-electron chi connectivity index (χ4n) is 11.7. The van der Waals surface area contributed by atoms with E-state index in [1.807, 2.05) is 170 Å². The summed E-state index contributed by atoms with van der Waals surface area (Å²) >= 11 is 0. The van der Waals surface area contributed by atoms with Crippen molar-refractivity contribution in [3.05, 3.63) is 258 Å². The smallest absolute Gasteiger partial charge is 0.327 e. The van der Waals surface area contributed by atoms with Crippen molar-refractivity contribution in [2.75, 3.05) is 35.5 Å². The molecule has 7 aromatic carbocycles. The van der Waals surface area contributed by atoms with Gasteiger partial charge in [-0.1, -0.05) is 127 Å². The van der Waals surface area contributed by atoms with Gasteiger partial charge in [0.2, 0.25) is 0 Å². The second-order valence-electron chi connectivity index (χ2n) is 23.3. The molecular weight excluding hydrogens is 1340 g/mol. The van der Waals surface area contributed by atoms with E-state index in [9.17, 15) is 34.1 Å². The average molecular weight is 1410 g/mol. The van der Waals surface area contributed by atoms with Crippen molar-refractivity contribution in [3.8, 4) is 56.4 Å². The molecule has 0 N–H and O–H groups in total. The minimum absolute atomic E-state index is 0.00546. The van der Waals surface area contributed by atoms with Gasteiger partial charge in [-0.3, -0.25) is 72.4 Å². The highest BCUT2D eigenvalue weighted by molar-refractivity contribution is 5.98. The first-order valence-electron chi connectivity index (χ1n) is 32.7. The molecule has 15 rings (SSSR count). The fourth-order valence-corrected chi connectivity index (χ4v) is 11.7. The van der Waals surface area contributed by atoms with E-state index in [2.05, 4.69) is 71.2 Å². The number of fused-ring (bicyclic) bond motifs is 5. The van der Waals surface area contributed by atoms with Gasteiger partial charge in [-0.25, -0.2) is 0 Å². The lowest BCUT2D eigenvalue weighted by Gasteiger charge is -2.07. The first kappa shape index (κ1) is 72.3. The van der Waals surface area contributed by atoms with E-state index in [1.165, 1.54) is 63.5 Å². The van der Waals surface area contributed by atoms with E-state index < -0.39 is 10.9 Å². The molecule has 0 saturated heterocycles. The Balaban J connectivity index is 0.000000131. The molecule has 0 spiro atoms. The maximum atomic E-state index is 11.6. The van der Waals surface area contributed by atoms with Crippen LogP contribution in [0.3, 0.4) is 0 Å². The number of hydrogen-bond donors (Lipinski definition) is 0. The summed E-state index contributed by atoms with van der Waals surface area (Å²) in [7, 11) is 6.82. The molecule has 0 unspecified atom stereocenters. The monoisotopic (exact) mass is 1410 g/mol. The number of carbonyl (C=O) groups excluding carboxylic acids is 5. The van der Waals surface area contributed by atoms with Gasteiger partial charge < -0.3 is 23.7 Å². The van der Waals surface area contributed by atoms with Crippen LogP contribution in [0.2, 0.25) is 0 Å². The number of nitro benzene ring substituents is 1. The van der Waals surface area contributed by atoms with Gasteiger partial charge in [0.1, 0.15) is 61.2 Å². The van der Waals surface area contributed by atoms with Gasteiger partial charge in [0.25, 0.3) is 5.69 Å². The van der Waals surface area contributed by atoms with Crippen LogP contribution in [0.4, 0.5) is 5.69 Å². The van der Waals surface area contributed by atoms with Crippen molar-refractivity contribution >= 4 is 90.0 Å². The number of nitro groups is 1. The molecule has 8 aromatic heterocycles. The number of nitrogens with zero attached hydrogens (tertiary/aromatic N) is 14. The number of ether oxygens (including phenoxy) is 5. The fraction of sp³-hybridized carbons (Fsp3) is 0.152. The summed E-state index contributed by atoms with van der Waals surface area (Å²) in [6.45, 7) is 4.53. The zero-order valence-electron chi connectivity index (χ0n) is 58.2. The maximum Gasteiger partial charge on any atom is 0.327 e. The van der Waals surface area contributed by atoms with Crippen LogP contribution in [-0.4, -0.2) is 134 Å². The molecule has 0 saturated carbocycles. The van der Waals surface area contributed by atoms with Gasteiger partial charge in [-0.15, -0.1) is 0 Å². The molecule has 26 heteroatoms. The van der Waals surface area contributed by atoms with Crippen LogP contribution in [0.25, 0.3) is 111 Å². The van der Waals surface area contributed by atoms with Crippen molar-refractivity contribution in [1.82, 2.24) is 63.9 Å². The number of para-hydroxylation sites is 5. The quantitative estimate of drug-likeness (QED) is 0.0375. The summed E-state index contributed by atoms with van der Waals surface area (Å²) in [5, 5.41) is 38.5. The standard InChI is InChI=1S/C18H18N2O2.C16H13N3O4.3C15H13N3O2/c1-12-7-6-8-13(2)17(12)18-14-9-4-5-10-15(14)20(19-18)11-16(21)22-3;1-23-15(20)10-18-14-8-3-2-7-13(14)16(17-18)11-5-4-6-12(9-11)19(21)22;1-20-14(19)10-18-13-8-3-2-6-11(13)15(17-18)12-7-4-5-9-16-12;1-20-14(19)10-18-13-7-3-2-6-12(13)15(17-18)11-5-4-8-16-9-11;1-20-14(19)10-18-13-5-3-2-4-12(13)15(17-18)11-6-8-16-9-7-11/h4-10H,11H2,1-3H3;2-9H,10H2,1H3;3*2-9H,10H2,1H3. The van der Waals surface area contributed by atoms with E-state index in [0.717, 1.165) is 99.7 Å². The zero-order chi connectivity index (χ0) is 73.9. The first-order chi connectivity index (χ1) is 51.1. The van der Waals surface area contributed by atoms with Gasteiger partial charge in [-0.2, -0.15) is 25.5 Å². The number of carbonyl (C=O) groups is 5. The molecule has 8 heterocycles. The molecule has 0 fully saturated rings. The normalized spacial score (nSPS) is 10.7. The van der Waals surface area contributed by atoms with Crippen LogP contribution in [0.5, 0.6) is 0 Å². The Morgan fingerprint density at radius 3 is 1.10 bits per heavy atom. The minimum Gasteiger partial charge on any atom is -0.468 e. The highest BCUT2D eigenvalue weighted by Crippen LogP contribution is 2.35. The third-order valence-electron chi connectivity index (χ3n) is 16.7. The molecule has 0 aliphatic rings. The zero-order valence-corrected chi connectivity index (χ0v) is 58.2. The van der Waals surface area contributed by atoms with E-state index in [-0.39, 0.29) is 62.3 Å². The van der Waals surface area contributed by atoms with Crippen LogP contribution in [0, 0.1) is 24.0 Å². The van der Waals surface area contributed by atoms with Gasteiger partial charge in [0.15, 0.2) is 0 Å². The third kappa shape index (κ3) is 16.9. The number of non-ortho nitro benzene ring substituents is 1. The Labute approximate surface area is 600 Å². The molecule has 0 atom stereocenters. The second kappa shape index (κ2) is 34.0. The van der Waals surface area contributed by atoms with Crippen LogP contribution < -0.4 is 0 Å². The molecule has 0 bridgehead atoms. The molecule has 0 aliphatic heterocycles. The molecule has 26 nitrogen and oxygen atoms in total. The Morgan fingerprint density at radius 2 is 0.705 bits per heavy atom. The summed E-state index contributed by atoms with van der Waals surface area (Å²) in [5.74, 6) is -1.69. The topological polar surface area (TPSA) is 302 Å². The third-order valence-corrected chi connectivity index (χ3v) is 16.7. The first-order valence-corrected chi connectivity index (χ1v) is 32.7. The van der Waals surface area contributed by atoms with Crippen LogP contribution in [-0.2, 0) is 80.4 Å². The highest BCUT2D eigenvalue weighted by atomic mass is 16.6. The van der Waals surface area contributed by atoms with Crippen molar-refractivity contribution in [2.24, 2.45) is 0 Å². The van der Waals surface area contributed by atoms with Crippen molar-refractivity contribution in [3.63, 3.8) is 0 Å². The predicted octanol–water partition coefficient (Wildman–Crippen LogP) is 13.1. The molecule has 0 aliphatic carbocycles. The van der Waals surface area contributed by atoms with E-state index >= 15 is 0 Å². The van der Waals surface area contributed by atoms with Gasteiger partial charge in [0.05, 0.1) is 73.7 Å². The Morgan fingerprint density at radius 1 is 0.352 bits per heavy atom. The largest absolute Gasteiger partial charge is 0.468 e. The van der Waals surface area contributed by atoms with E-state index in [4.69, 9.17) is 18.9 Å². The number of hydrogen-bond acceptors (Lipinski definition) is 20.